The van der Waals surface area contributed by atoms with Crippen molar-refractivity contribution in [2.75, 3.05) is 207 Å². The highest BCUT2D eigenvalue weighted by Gasteiger charge is 2.24. The molecule has 4 aliphatic heterocycles. The first-order valence-corrected chi connectivity index (χ1v) is 39.1. The van der Waals surface area contributed by atoms with Gasteiger partial charge in [-0.05, 0) is 135 Å². The van der Waals surface area contributed by atoms with Gasteiger partial charge in [-0.3, -0.25) is 19.9 Å². The maximum Gasteiger partial charge on any atom is 0.318 e. The predicted octanol–water partition coefficient (Wildman–Crippen LogP) is 11.5. The molecule has 112 heavy (non-hydrogen) atoms. The highest BCUT2D eigenvalue weighted by Crippen LogP contribution is 2.33. The van der Waals surface area contributed by atoms with E-state index in [9.17, 15) is 0 Å². The number of aryl methyl sites for hydroxylation is 6. The van der Waals surface area contributed by atoms with Crippen LogP contribution >= 0.6 is 0 Å². The van der Waals surface area contributed by atoms with Gasteiger partial charge in [-0.15, -0.1) is 0 Å². The maximum atomic E-state index is 5.37. The normalized spacial score (nSPS) is 15.2. The molecule has 25 heteroatoms. The first-order valence-electron chi connectivity index (χ1n) is 39.1. The van der Waals surface area contributed by atoms with Crippen molar-refractivity contribution in [3.63, 3.8) is 0 Å². The molecular formula is C87H110N24O. The van der Waals surface area contributed by atoms with Crippen molar-refractivity contribution in [3.05, 3.63) is 209 Å². The molecule has 25 nitrogen and oxygen atoms in total. The second kappa shape index (κ2) is 36.4. The number of nitrogens with zero attached hydrogens (tertiary/aromatic N) is 24. The van der Waals surface area contributed by atoms with Crippen LogP contribution in [0.5, 0.6) is 6.01 Å². The first kappa shape index (κ1) is 79.0. The predicted molar refractivity (Wildman–Crippen MR) is 457 cm³/mol. The number of fused-ring (bicyclic) bond motifs is 4. The molecule has 16 rings (SSSR count). The molecule has 0 radical (unpaired) electrons. The van der Waals surface area contributed by atoms with E-state index in [4.69, 9.17) is 29.7 Å². The molecule has 0 N–H and O–H groups in total. The van der Waals surface area contributed by atoms with Crippen LogP contribution in [0.1, 0.15) is 56.9 Å². The summed E-state index contributed by atoms with van der Waals surface area (Å²) in [6.45, 7) is 31.6. The van der Waals surface area contributed by atoms with Crippen LogP contribution in [0.4, 0.5) is 46.0 Å². The fourth-order valence-electron chi connectivity index (χ4n) is 15.1. The van der Waals surface area contributed by atoms with Crippen LogP contribution in [0.15, 0.2) is 152 Å². The number of hydrogen-bond donors (Lipinski definition) is 0. The molecule has 584 valence electrons. The van der Waals surface area contributed by atoms with Gasteiger partial charge < -0.3 is 63.5 Å². The molecule has 12 aromatic rings. The summed E-state index contributed by atoms with van der Waals surface area (Å²) in [5.74, 6) is 6.52. The number of methoxy groups -OCH3 is 1. The van der Waals surface area contributed by atoms with Gasteiger partial charge in [0, 0.05) is 204 Å². The zero-order valence-corrected chi connectivity index (χ0v) is 68.2. The molecule has 12 heterocycles. The monoisotopic (exact) mass is 1510 g/mol. The number of anilines is 8. The number of aromatic nitrogens is 12. The highest BCUT2D eigenvalue weighted by molar-refractivity contribution is 5.95. The summed E-state index contributed by atoms with van der Waals surface area (Å²) >= 11 is 0. The van der Waals surface area contributed by atoms with Gasteiger partial charge in [0.1, 0.15) is 40.7 Å². The van der Waals surface area contributed by atoms with E-state index in [1.54, 1.807) is 7.11 Å². The summed E-state index contributed by atoms with van der Waals surface area (Å²) in [5.41, 5.74) is 16.3. The minimum Gasteiger partial charge on any atom is -0.467 e. The Morgan fingerprint density at radius 1 is 0.321 bits per heavy atom. The van der Waals surface area contributed by atoms with Gasteiger partial charge >= 0.3 is 6.01 Å². The van der Waals surface area contributed by atoms with Gasteiger partial charge in [-0.2, -0.15) is 9.97 Å². The standard InChI is InChI=1S/3C22H28N6.C21H26N6O/c1-16-7-8-20(22-19(16)6-5-9-23-22)27(4)15-18-14-21(25-17(2)24-18)28-12-10-26(3)11-13-28;1-16-7-8-18-6-5-9-23-21(18)22(16)27(4)15-19-14-20(25-17(2)24-19)28-12-10-26(3)11-13-28;1-16-12-18-6-5-7-23-22(18)20(13-16)27(4)15-19-14-21(25-17(2)24-19)28-10-8-26(3)9-11-28;1-25-10-12-27(13-11-25)19-14-17(23-21(24-19)28-3)15-26(2)18-8-4-6-16-7-5-9-22-20(16)18/h2*5-9,14H,10-13,15H2,1-4H3;5-7,12-14H,8-11,15H2,1-4H3;4-9,14H,10-13,15H2,1-3H3. The van der Waals surface area contributed by atoms with Crippen molar-refractivity contribution in [1.82, 2.24) is 79.4 Å². The van der Waals surface area contributed by atoms with E-state index in [0.717, 1.165) is 243 Å². The summed E-state index contributed by atoms with van der Waals surface area (Å²) in [6, 6.07) is 44.5. The van der Waals surface area contributed by atoms with Gasteiger partial charge in [0.05, 0.1) is 101 Å². The third-order valence-corrected chi connectivity index (χ3v) is 21.4. The fourth-order valence-corrected chi connectivity index (χ4v) is 15.1. The summed E-state index contributed by atoms with van der Waals surface area (Å²) in [7, 11) is 18.7. The van der Waals surface area contributed by atoms with Crippen LogP contribution < -0.4 is 43.9 Å². The van der Waals surface area contributed by atoms with Crippen molar-refractivity contribution in [1.29, 1.82) is 0 Å². The quantitative estimate of drug-likeness (QED) is 0.0831. The summed E-state index contributed by atoms with van der Waals surface area (Å²) in [4.78, 5) is 83.4. The Balaban J connectivity index is 0.000000131. The molecule has 0 amide bonds. The molecule has 0 spiro atoms. The van der Waals surface area contributed by atoms with E-state index in [0.29, 0.717) is 12.6 Å². The van der Waals surface area contributed by atoms with Crippen LogP contribution in [0.2, 0.25) is 0 Å². The number of hydrogen-bond acceptors (Lipinski definition) is 25. The lowest BCUT2D eigenvalue weighted by Gasteiger charge is -2.33. The molecule has 0 aliphatic carbocycles. The van der Waals surface area contributed by atoms with E-state index < -0.39 is 0 Å². The maximum absolute atomic E-state index is 5.37. The first-order chi connectivity index (χ1) is 54.1. The molecule has 4 saturated heterocycles. The van der Waals surface area contributed by atoms with Gasteiger partial charge in [-0.1, -0.05) is 54.6 Å². The number of benzene rings is 4. The summed E-state index contributed by atoms with van der Waals surface area (Å²) in [5, 5.41) is 4.65. The Bertz CT molecular complexity index is 5160. The molecule has 0 unspecified atom stereocenters. The summed E-state index contributed by atoms with van der Waals surface area (Å²) < 4.78 is 5.37. The average molecular weight is 1510 g/mol. The van der Waals surface area contributed by atoms with Crippen LogP contribution in [-0.4, -0.2) is 248 Å². The van der Waals surface area contributed by atoms with Crippen molar-refractivity contribution in [3.8, 4) is 6.01 Å². The molecule has 0 atom stereocenters. The minimum absolute atomic E-state index is 0.413. The fraction of sp³-hybridized carbons (Fsp3) is 0.402. The second-order valence-electron chi connectivity index (χ2n) is 30.4. The van der Waals surface area contributed by atoms with Crippen molar-refractivity contribution in [2.24, 2.45) is 0 Å². The Morgan fingerprint density at radius 3 is 1.16 bits per heavy atom. The number of likely N-dealkylation sites (N-methyl/N-ethyl adjacent to an activating group) is 4. The molecule has 8 aromatic heterocycles. The zero-order chi connectivity index (χ0) is 78.5. The minimum atomic E-state index is 0.413. The van der Waals surface area contributed by atoms with Crippen LogP contribution in [0.3, 0.4) is 0 Å². The van der Waals surface area contributed by atoms with Gasteiger partial charge in [0.15, 0.2) is 0 Å². The largest absolute Gasteiger partial charge is 0.467 e. The zero-order valence-electron chi connectivity index (χ0n) is 68.2. The van der Waals surface area contributed by atoms with Crippen LogP contribution in [0, 0.1) is 41.5 Å². The third kappa shape index (κ3) is 19.8. The number of rotatable bonds is 17. The molecule has 0 saturated carbocycles. The second-order valence-corrected chi connectivity index (χ2v) is 30.4. The Hall–Kier alpha value is -11.1. The van der Waals surface area contributed by atoms with Crippen molar-refractivity contribution < 1.29 is 4.74 Å². The van der Waals surface area contributed by atoms with E-state index in [-0.39, 0.29) is 0 Å². The molecule has 0 bridgehead atoms. The molecular weight excluding hydrogens is 1400 g/mol. The smallest absolute Gasteiger partial charge is 0.318 e. The van der Waals surface area contributed by atoms with E-state index in [1.807, 2.05) is 69.8 Å². The van der Waals surface area contributed by atoms with E-state index in [1.165, 1.54) is 27.5 Å². The molecule has 4 aliphatic rings. The molecule has 4 fully saturated rings. The molecule has 4 aromatic carbocycles. The van der Waals surface area contributed by atoms with Crippen LogP contribution in [0.25, 0.3) is 43.6 Å². The van der Waals surface area contributed by atoms with E-state index >= 15 is 0 Å². The number of pyridine rings is 4. The van der Waals surface area contributed by atoms with Crippen molar-refractivity contribution in [2.45, 2.75) is 67.7 Å². The number of para-hydroxylation sites is 1. The Morgan fingerprint density at radius 2 is 0.688 bits per heavy atom. The van der Waals surface area contributed by atoms with Crippen molar-refractivity contribution >= 4 is 89.6 Å². The number of ether oxygens (including phenoxy) is 1. The van der Waals surface area contributed by atoms with Gasteiger partial charge in [0.2, 0.25) is 0 Å². The van der Waals surface area contributed by atoms with E-state index in [2.05, 4.69) is 274 Å². The topological polar surface area (TPSA) is 203 Å². The number of piperazine rings is 4. The Kier molecular flexibility index (Phi) is 25.6. The lowest BCUT2D eigenvalue weighted by Crippen LogP contribution is -2.45. The highest BCUT2D eigenvalue weighted by atomic mass is 16.5. The van der Waals surface area contributed by atoms with Crippen LogP contribution in [-0.2, 0) is 26.2 Å². The lowest BCUT2D eigenvalue weighted by atomic mass is 10.1. The summed E-state index contributed by atoms with van der Waals surface area (Å²) in [6.07, 6.45) is 7.41. The lowest BCUT2D eigenvalue weighted by molar-refractivity contribution is 0.311. The Labute approximate surface area is 660 Å². The van der Waals surface area contributed by atoms with Gasteiger partial charge in [-0.25, -0.2) is 29.9 Å². The SMILES string of the molecule is COc1nc(CN(C)c2cccc3cccnc23)cc(N2CCN(C)CC2)n1.Cc1cc(N(C)Cc2cc(N3CCN(C)CC3)nc(C)n2)c2ncccc2c1.Cc1nc(CN(C)c2c(C)ccc3cccnc23)cc(N2CCN(C)CC2)n1.Cc1nc(CN(C)c2ccc(C)c3cccnc23)cc(N2CCN(C)CC2)n1. The van der Waals surface area contributed by atoms with Gasteiger partial charge in [0.25, 0.3) is 0 Å². The third-order valence-electron chi connectivity index (χ3n) is 21.4. The average Bonchev–Trinajstić information content (AvgIpc) is 0.752.